The third-order valence-corrected chi connectivity index (χ3v) is 6.31. The number of nitrogens with one attached hydrogen (secondary N) is 1. The lowest BCUT2D eigenvalue weighted by molar-refractivity contribution is -0.130. The van der Waals surface area contributed by atoms with E-state index in [1.807, 2.05) is 0 Å². The molecule has 28 heavy (non-hydrogen) atoms. The first kappa shape index (κ1) is 20.2. The average molecular weight is 413 g/mol. The maximum absolute atomic E-state index is 13.6. The van der Waals surface area contributed by atoms with Gasteiger partial charge < -0.3 is 10.2 Å². The highest BCUT2D eigenvalue weighted by molar-refractivity contribution is 7.89. The Morgan fingerprint density at radius 1 is 0.964 bits per heavy atom. The molecule has 0 spiro atoms. The summed E-state index contributed by atoms with van der Waals surface area (Å²) < 4.78 is 66.6. The van der Waals surface area contributed by atoms with Crippen molar-refractivity contribution in [2.45, 2.75) is 4.90 Å². The molecule has 2 aromatic carbocycles. The van der Waals surface area contributed by atoms with Crippen molar-refractivity contribution >= 4 is 21.6 Å². The van der Waals surface area contributed by atoms with Crippen LogP contribution in [0, 0.1) is 17.5 Å². The predicted molar refractivity (Wildman–Crippen MR) is 96.6 cm³/mol. The van der Waals surface area contributed by atoms with Gasteiger partial charge in [0.2, 0.25) is 15.9 Å². The molecule has 1 aliphatic heterocycles. The lowest BCUT2D eigenvalue weighted by Gasteiger charge is -2.34. The van der Waals surface area contributed by atoms with Crippen LogP contribution in [0.3, 0.4) is 0 Å². The van der Waals surface area contributed by atoms with Gasteiger partial charge in [-0.05, 0) is 12.1 Å². The summed E-state index contributed by atoms with van der Waals surface area (Å²) in [5.41, 5.74) is -0.583. The van der Waals surface area contributed by atoms with Crippen LogP contribution in [-0.4, -0.2) is 56.3 Å². The molecule has 1 aliphatic rings. The molecule has 2 aromatic rings. The number of piperazine rings is 1. The van der Waals surface area contributed by atoms with Crippen molar-refractivity contribution < 1.29 is 26.4 Å². The SMILES string of the molecule is O=C(CNc1c(F)cc(F)cc1F)N1CCN(S(=O)(=O)c2ccccc2)CC1. The number of amides is 1. The molecule has 1 saturated heterocycles. The summed E-state index contributed by atoms with van der Waals surface area (Å²) in [5, 5.41) is 2.33. The van der Waals surface area contributed by atoms with Gasteiger partial charge in [0, 0.05) is 38.3 Å². The summed E-state index contributed by atoms with van der Waals surface area (Å²) in [6.07, 6.45) is 0. The van der Waals surface area contributed by atoms with E-state index in [4.69, 9.17) is 0 Å². The highest BCUT2D eigenvalue weighted by atomic mass is 32.2. The van der Waals surface area contributed by atoms with Gasteiger partial charge in [-0.15, -0.1) is 0 Å². The van der Waals surface area contributed by atoms with Crippen LogP contribution in [0.2, 0.25) is 0 Å². The van der Waals surface area contributed by atoms with Gasteiger partial charge in [-0.2, -0.15) is 4.31 Å². The first-order valence-electron chi connectivity index (χ1n) is 8.50. The molecule has 150 valence electrons. The van der Waals surface area contributed by atoms with Crippen molar-refractivity contribution in [3.63, 3.8) is 0 Å². The van der Waals surface area contributed by atoms with Crippen molar-refractivity contribution in [2.75, 3.05) is 38.0 Å². The Morgan fingerprint density at radius 2 is 1.54 bits per heavy atom. The van der Waals surface area contributed by atoms with Gasteiger partial charge in [0.25, 0.3) is 0 Å². The van der Waals surface area contributed by atoms with Crippen LogP contribution in [0.5, 0.6) is 0 Å². The highest BCUT2D eigenvalue weighted by Gasteiger charge is 2.30. The second-order valence-electron chi connectivity index (χ2n) is 6.20. The van der Waals surface area contributed by atoms with E-state index in [0.29, 0.717) is 12.1 Å². The van der Waals surface area contributed by atoms with E-state index >= 15 is 0 Å². The molecule has 0 bridgehead atoms. The summed E-state index contributed by atoms with van der Waals surface area (Å²) >= 11 is 0. The summed E-state index contributed by atoms with van der Waals surface area (Å²) in [6, 6.07) is 9.02. The van der Waals surface area contributed by atoms with Crippen molar-refractivity contribution in [3.8, 4) is 0 Å². The van der Waals surface area contributed by atoms with Crippen LogP contribution in [-0.2, 0) is 14.8 Å². The highest BCUT2D eigenvalue weighted by Crippen LogP contribution is 2.20. The second-order valence-corrected chi connectivity index (χ2v) is 8.13. The molecule has 1 amide bonds. The lowest BCUT2D eigenvalue weighted by atomic mass is 10.2. The second kappa shape index (κ2) is 8.19. The number of carbonyl (C=O) groups is 1. The Kier molecular flexibility index (Phi) is 5.90. The fourth-order valence-corrected chi connectivity index (χ4v) is 4.35. The Bertz CT molecular complexity index is 940. The minimum Gasteiger partial charge on any atom is -0.371 e. The van der Waals surface area contributed by atoms with Crippen LogP contribution < -0.4 is 5.32 Å². The maximum atomic E-state index is 13.6. The number of anilines is 1. The smallest absolute Gasteiger partial charge is 0.243 e. The van der Waals surface area contributed by atoms with Crippen molar-refractivity contribution in [2.24, 2.45) is 0 Å². The zero-order valence-corrected chi connectivity index (χ0v) is 15.6. The van der Waals surface area contributed by atoms with E-state index in [1.54, 1.807) is 18.2 Å². The molecule has 0 radical (unpaired) electrons. The molecule has 6 nitrogen and oxygen atoms in total. The zero-order chi connectivity index (χ0) is 20.3. The van der Waals surface area contributed by atoms with Gasteiger partial charge in [-0.25, -0.2) is 21.6 Å². The largest absolute Gasteiger partial charge is 0.371 e. The van der Waals surface area contributed by atoms with Gasteiger partial charge in [0.05, 0.1) is 11.4 Å². The molecular formula is C18H18F3N3O3S. The summed E-state index contributed by atoms with van der Waals surface area (Å²) in [4.78, 5) is 13.8. The maximum Gasteiger partial charge on any atom is 0.243 e. The van der Waals surface area contributed by atoms with Gasteiger partial charge in [-0.1, -0.05) is 18.2 Å². The summed E-state index contributed by atoms with van der Waals surface area (Å²) in [6.45, 7) is 0.136. The van der Waals surface area contributed by atoms with E-state index in [2.05, 4.69) is 5.32 Å². The number of hydrogen-bond acceptors (Lipinski definition) is 4. The first-order chi connectivity index (χ1) is 13.3. The summed E-state index contributed by atoms with van der Waals surface area (Å²) in [5.74, 6) is -3.77. The minimum absolute atomic E-state index is 0.113. The molecular weight excluding hydrogens is 395 g/mol. The Balaban J connectivity index is 1.57. The molecule has 1 N–H and O–H groups in total. The van der Waals surface area contributed by atoms with Crippen LogP contribution in [0.15, 0.2) is 47.4 Å². The number of halogens is 3. The van der Waals surface area contributed by atoms with Crippen molar-refractivity contribution in [1.29, 1.82) is 0 Å². The van der Waals surface area contributed by atoms with E-state index < -0.39 is 45.6 Å². The van der Waals surface area contributed by atoms with Crippen molar-refractivity contribution in [1.82, 2.24) is 9.21 Å². The van der Waals surface area contributed by atoms with Gasteiger partial charge in [-0.3, -0.25) is 4.79 Å². The molecule has 1 fully saturated rings. The number of rotatable bonds is 5. The van der Waals surface area contributed by atoms with Gasteiger partial charge in [0.15, 0.2) is 11.6 Å². The Labute approximate surface area is 160 Å². The molecule has 3 rings (SSSR count). The van der Waals surface area contributed by atoms with E-state index in [-0.39, 0.29) is 31.1 Å². The predicted octanol–water partition coefficient (Wildman–Crippen LogP) is 2.05. The molecule has 0 unspecified atom stereocenters. The van der Waals surface area contributed by atoms with E-state index in [1.165, 1.54) is 21.3 Å². The van der Waals surface area contributed by atoms with E-state index in [0.717, 1.165) is 0 Å². The monoisotopic (exact) mass is 413 g/mol. The van der Waals surface area contributed by atoms with Crippen LogP contribution >= 0.6 is 0 Å². The number of carbonyl (C=O) groups excluding carboxylic acids is 1. The quantitative estimate of drug-likeness (QED) is 0.815. The van der Waals surface area contributed by atoms with Crippen molar-refractivity contribution in [3.05, 3.63) is 59.9 Å². The number of sulfonamides is 1. The Morgan fingerprint density at radius 3 is 2.11 bits per heavy atom. The fourth-order valence-electron chi connectivity index (χ4n) is 2.91. The van der Waals surface area contributed by atoms with Gasteiger partial charge in [0.1, 0.15) is 11.5 Å². The molecule has 10 heteroatoms. The number of benzene rings is 2. The molecule has 0 aliphatic carbocycles. The summed E-state index contributed by atoms with van der Waals surface area (Å²) in [7, 11) is -3.64. The minimum atomic E-state index is -3.64. The van der Waals surface area contributed by atoms with Gasteiger partial charge >= 0.3 is 0 Å². The molecule has 0 atom stereocenters. The van der Waals surface area contributed by atoms with Crippen LogP contribution in [0.25, 0.3) is 0 Å². The normalized spacial score (nSPS) is 15.5. The number of hydrogen-bond donors (Lipinski definition) is 1. The third-order valence-electron chi connectivity index (χ3n) is 4.40. The Hall–Kier alpha value is -2.59. The zero-order valence-electron chi connectivity index (χ0n) is 14.7. The lowest BCUT2D eigenvalue weighted by Crippen LogP contribution is -2.51. The molecule has 0 aromatic heterocycles. The topological polar surface area (TPSA) is 69.7 Å². The average Bonchev–Trinajstić information content (AvgIpc) is 2.67. The van der Waals surface area contributed by atoms with Crippen LogP contribution in [0.1, 0.15) is 0 Å². The van der Waals surface area contributed by atoms with E-state index in [9.17, 15) is 26.4 Å². The third kappa shape index (κ3) is 4.28. The molecule has 0 saturated carbocycles. The standard InChI is InChI=1S/C18H18F3N3O3S/c19-13-10-15(20)18(16(21)11-13)22-12-17(25)23-6-8-24(9-7-23)28(26,27)14-4-2-1-3-5-14/h1-5,10-11,22H,6-9,12H2. The fraction of sp³-hybridized carbons (Fsp3) is 0.278. The molecule has 1 heterocycles. The first-order valence-corrected chi connectivity index (χ1v) is 9.94. The number of nitrogens with zero attached hydrogens (tertiary/aromatic N) is 2. The van der Waals surface area contributed by atoms with Crippen LogP contribution in [0.4, 0.5) is 18.9 Å².